The Kier molecular flexibility index (Phi) is 4.48. The molecule has 0 unspecified atom stereocenters. The molecule has 1 aliphatic heterocycles. The van der Waals surface area contributed by atoms with Crippen LogP contribution >= 0.6 is 0 Å². The van der Waals surface area contributed by atoms with Crippen molar-refractivity contribution in [2.45, 2.75) is 20.4 Å². The molecule has 0 saturated carbocycles. The highest BCUT2D eigenvalue weighted by Gasteiger charge is 2.26. The number of fused-ring (bicyclic) bond motifs is 1. The SMILES string of the molecule is CCN1CCN(C(=O)c2cncc3nc(-c4nonc4N)n(CC)c23)CC1. The third kappa shape index (κ3) is 2.91. The number of aromatic nitrogens is 5. The van der Waals surface area contributed by atoms with E-state index in [1.807, 2.05) is 16.4 Å². The second-order valence-electron chi connectivity index (χ2n) is 6.46. The fourth-order valence-electron chi connectivity index (χ4n) is 3.52. The van der Waals surface area contributed by atoms with E-state index >= 15 is 0 Å². The molecule has 10 nitrogen and oxygen atoms in total. The van der Waals surface area contributed by atoms with Gasteiger partial charge in [-0.3, -0.25) is 9.78 Å². The molecule has 4 heterocycles. The van der Waals surface area contributed by atoms with Gasteiger partial charge in [-0.25, -0.2) is 9.61 Å². The Morgan fingerprint density at radius 3 is 2.56 bits per heavy atom. The molecule has 4 rings (SSSR count). The smallest absolute Gasteiger partial charge is 0.257 e. The van der Waals surface area contributed by atoms with Gasteiger partial charge in [-0.1, -0.05) is 6.92 Å². The standard InChI is InChI=1S/C17H22N8O2/c1-3-23-5-7-24(8-6-23)17(26)11-9-19-10-12-14(11)25(4-2)16(20-12)13-15(18)22-27-21-13/h9-10H,3-8H2,1-2H3,(H2,18,22). The number of aryl methyl sites for hydroxylation is 1. The van der Waals surface area contributed by atoms with Crippen molar-refractivity contribution in [3.05, 3.63) is 18.0 Å². The predicted molar refractivity (Wildman–Crippen MR) is 98.9 cm³/mol. The van der Waals surface area contributed by atoms with Crippen LogP contribution in [0.5, 0.6) is 0 Å². The van der Waals surface area contributed by atoms with Crippen molar-refractivity contribution in [3.63, 3.8) is 0 Å². The topological polar surface area (TPSA) is 119 Å². The summed E-state index contributed by atoms with van der Waals surface area (Å²) in [5.41, 5.74) is 8.09. The first-order valence-corrected chi connectivity index (χ1v) is 9.08. The number of hydrogen-bond donors (Lipinski definition) is 1. The Morgan fingerprint density at radius 2 is 1.93 bits per heavy atom. The summed E-state index contributed by atoms with van der Waals surface area (Å²) in [6, 6.07) is 0. The molecule has 0 bridgehead atoms. The lowest BCUT2D eigenvalue weighted by molar-refractivity contribution is 0.0644. The molecule has 1 amide bonds. The van der Waals surface area contributed by atoms with E-state index < -0.39 is 0 Å². The molecular formula is C17H22N8O2. The zero-order chi connectivity index (χ0) is 19.0. The first-order valence-electron chi connectivity index (χ1n) is 9.08. The number of piperazine rings is 1. The second-order valence-corrected chi connectivity index (χ2v) is 6.46. The van der Waals surface area contributed by atoms with Crippen molar-refractivity contribution in [2.24, 2.45) is 0 Å². The van der Waals surface area contributed by atoms with Gasteiger partial charge in [-0.15, -0.1) is 0 Å². The van der Waals surface area contributed by atoms with Crippen LogP contribution in [0.15, 0.2) is 17.0 Å². The number of carbonyl (C=O) groups excluding carboxylic acids is 1. The molecule has 0 atom stereocenters. The van der Waals surface area contributed by atoms with Gasteiger partial charge in [0.2, 0.25) is 0 Å². The molecule has 27 heavy (non-hydrogen) atoms. The Bertz CT molecular complexity index is 971. The van der Waals surface area contributed by atoms with Crippen LogP contribution in [0.3, 0.4) is 0 Å². The average molecular weight is 370 g/mol. The molecule has 3 aromatic rings. The van der Waals surface area contributed by atoms with Crippen molar-refractivity contribution in [1.82, 2.24) is 34.6 Å². The molecule has 2 N–H and O–H groups in total. The molecule has 1 aliphatic rings. The van der Waals surface area contributed by atoms with E-state index in [1.54, 1.807) is 12.4 Å². The van der Waals surface area contributed by atoms with Gasteiger partial charge in [-0.05, 0) is 23.8 Å². The van der Waals surface area contributed by atoms with E-state index in [1.165, 1.54) is 0 Å². The Morgan fingerprint density at radius 1 is 1.15 bits per heavy atom. The van der Waals surface area contributed by atoms with Crippen LogP contribution in [-0.4, -0.2) is 73.3 Å². The lowest BCUT2D eigenvalue weighted by Crippen LogP contribution is -2.48. The van der Waals surface area contributed by atoms with E-state index in [4.69, 9.17) is 10.4 Å². The second kappa shape index (κ2) is 6.95. The summed E-state index contributed by atoms with van der Waals surface area (Å²) in [5, 5.41) is 7.48. The first-order chi connectivity index (χ1) is 13.1. The van der Waals surface area contributed by atoms with Gasteiger partial charge in [0.25, 0.3) is 5.91 Å². The number of carbonyl (C=O) groups is 1. The number of pyridine rings is 1. The lowest BCUT2D eigenvalue weighted by atomic mass is 10.2. The van der Waals surface area contributed by atoms with Crippen LogP contribution in [0, 0.1) is 0 Å². The Labute approximate surface area is 155 Å². The number of nitrogen functional groups attached to an aromatic ring is 1. The lowest BCUT2D eigenvalue weighted by Gasteiger charge is -2.34. The molecule has 0 aliphatic carbocycles. The van der Waals surface area contributed by atoms with Crippen LogP contribution in [0.25, 0.3) is 22.6 Å². The maximum Gasteiger partial charge on any atom is 0.257 e. The van der Waals surface area contributed by atoms with E-state index in [0.717, 1.165) is 25.2 Å². The van der Waals surface area contributed by atoms with Gasteiger partial charge in [0.15, 0.2) is 17.3 Å². The van der Waals surface area contributed by atoms with E-state index in [2.05, 4.69) is 32.1 Å². The van der Waals surface area contributed by atoms with Crippen LogP contribution in [-0.2, 0) is 6.54 Å². The van der Waals surface area contributed by atoms with Gasteiger partial charge in [-0.2, -0.15) is 0 Å². The average Bonchev–Trinajstić information content (AvgIpc) is 3.29. The normalized spacial score (nSPS) is 15.6. The number of hydrogen-bond acceptors (Lipinski definition) is 8. The summed E-state index contributed by atoms with van der Waals surface area (Å²) >= 11 is 0. The fourth-order valence-corrected chi connectivity index (χ4v) is 3.52. The van der Waals surface area contributed by atoms with E-state index in [0.29, 0.717) is 42.2 Å². The van der Waals surface area contributed by atoms with E-state index in [9.17, 15) is 4.79 Å². The van der Waals surface area contributed by atoms with Gasteiger partial charge in [0, 0.05) is 38.9 Å². The third-order valence-corrected chi connectivity index (χ3v) is 5.03. The van der Waals surface area contributed by atoms with Crippen LogP contribution in [0.2, 0.25) is 0 Å². The highest BCUT2D eigenvalue weighted by Crippen LogP contribution is 2.28. The fraction of sp³-hybridized carbons (Fsp3) is 0.471. The van der Waals surface area contributed by atoms with Crippen molar-refractivity contribution in [3.8, 4) is 11.5 Å². The third-order valence-electron chi connectivity index (χ3n) is 5.03. The number of nitrogens with two attached hydrogens (primary N) is 1. The highest BCUT2D eigenvalue weighted by atomic mass is 16.6. The number of rotatable bonds is 4. The molecule has 1 saturated heterocycles. The molecule has 1 fully saturated rings. The minimum atomic E-state index is -0.0312. The number of anilines is 1. The molecule has 10 heteroatoms. The summed E-state index contributed by atoms with van der Waals surface area (Å²) in [6.45, 7) is 8.87. The van der Waals surface area contributed by atoms with Gasteiger partial charge in [0.1, 0.15) is 5.52 Å². The highest BCUT2D eigenvalue weighted by molar-refractivity contribution is 6.05. The monoisotopic (exact) mass is 370 g/mol. The van der Waals surface area contributed by atoms with Crippen LogP contribution in [0.4, 0.5) is 5.82 Å². The van der Waals surface area contributed by atoms with Crippen molar-refractivity contribution < 1.29 is 9.42 Å². The number of amides is 1. The first kappa shape index (κ1) is 17.4. The largest absolute Gasteiger partial charge is 0.379 e. The summed E-state index contributed by atoms with van der Waals surface area (Å²) in [6.07, 6.45) is 3.25. The molecule has 0 spiro atoms. The predicted octanol–water partition coefficient (Wildman–Crippen LogP) is 0.861. The van der Waals surface area contributed by atoms with Gasteiger partial charge >= 0.3 is 0 Å². The quantitative estimate of drug-likeness (QED) is 0.718. The van der Waals surface area contributed by atoms with Gasteiger partial charge in [0.05, 0.1) is 17.3 Å². The summed E-state index contributed by atoms with van der Waals surface area (Å²) in [7, 11) is 0. The minimum absolute atomic E-state index is 0.0312. The zero-order valence-electron chi connectivity index (χ0n) is 15.4. The maximum atomic E-state index is 13.2. The number of likely N-dealkylation sites (N-methyl/N-ethyl adjacent to an activating group) is 1. The maximum absolute atomic E-state index is 13.2. The Balaban J connectivity index is 1.77. The van der Waals surface area contributed by atoms with Crippen molar-refractivity contribution in [1.29, 1.82) is 0 Å². The van der Waals surface area contributed by atoms with Crippen molar-refractivity contribution in [2.75, 3.05) is 38.5 Å². The van der Waals surface area contributed by atoms with E-state index in [-0.39, 0.29) is 11.7 Å². The van der Waals surface area contributed by atoms with Crippen molar-refractivity contribution >= 4 is 22.8 Å². The number of nitrogens with zero attached hydrogens (tertiary/aromatic N) is 7. The number of imidazole rings is 1. The molecule has 0 radical (unpaired) electrons. The summed E-state index contributed by atoms with van der Waals surface area (Å²) in [4.78, 5) is 26.2. The Hall–Kier alpha value is -3.01. The molecule has 0 aromatic carbocycles. The van der Waals surface area contributed by atoms with Gasteiger partial charge < -0.3 is 20.1 Å². The summed E-state index contributed by atoms with van der Waals surface area (Å²) < 4.78 is 6.62. The summed E-state index contributed by atoms with van der Waals surface area (Å²) in [5.74, 6) is 0.650. The van der Waals surface area contributed by atoms with Crippen LogP contribution in [0.1, 0.15) is 24.2 Å². The molecular weight excluding hydrogens is 348 g/mol. The molecule has 3 aromatic heterocycles. The minimum Gasteiger partial charge on any atom is -0.379 e. The zero-order valence-corrected chi connectivity index (χ0v) is 15.4. The molecule has 142 valence electrons. The van der Waals surface area contributed by atoms with Crippen LogP contribution < -0.4 is 5.73 Å².